The van der Waals surface area contributed by atoms with E-state index in [1.807, 2.05) is 19.9 Å². The first kappa shape index (κ1) is 13.4. The Labute approximate surface area is 122 Å². The standard InChI is InChI=1S/C15H19N3OS/c1-7-6-8(2)17-15-11(7)12(16)13(20-15)14(19)18-9(3)10-4-5-10/h6,9-10H,4-5,16H2,1-3H3,(H,18,19). The Morgan fingerprint density at radius 2 is 2.20 bits per heavy atom. The number of hydrogen-bond acceptors (Lipinski definition) is 4. The van der Waals surface area contributed by atoms with E-state index in [0.29, 0.717) is 16.5 Å². The number of anilines is 1. The zero-order valence-electron chi connectivity index (χ0n) is 12.0. The third-order valence-corrected chi connectivity index (χ3v) is 5.02. The van der Waals surface area contributed by atoms with Crippen molar-refractivity contribution in [3.8, 4) is 0 Å². The number of fused-ring (bicyclic) bond motifs is 1. The van der Waals surface area contributed by atoms with E-state index in [4.69, 9.17) is 5.73 Å². The first-order valence-electron chi connectivity index (χ1n) is 6.94. The first-order valence-corrected chi connectivity index (χ1v) is 7.76. The molecule has 3 N–H and O–H groups in total. The van der Waals surface area contributed by atoms with E-state index >= 15 is 0 Å². The van der Waals surface area contributed by atoms with Gasteiger partial charge in [0.15, 0.2) is 0 Å². The summed E-state index contributed by atoms with van der Waals surface area (Å²) in [6.45, 7) is 6.03. The van der Waals surface area contributed by atoms with E-state index in [9.17, 15) is 4.79 Å². The molecule has 1 aliphatic carbocycles. The van der Waals surface area contributed by atoms with E-state index in [1.54, 1.807) is 0 Å². The summed E-state index contributed by atoms with van der Waals surface area (Å²) in [7, 11) is 0. The number of nitrogens with zero attached hydrogens (tertiary/aromatic N) is 1. The Bertz CT molecular complexity index is 688. The van der Waals surface area contributed by atoms with Gasteiger partial charge in [0.2, 0.25) is 0 Å². The summed E-state index contributed by atoms with van der Waals surface area (Å²) in [6.07, 6.45) is 2.42. The second kappa shape index (κ2) is 4.74. The molecular formula is C15H19N3OS. The van der Waals surface area contributed by atoms with Gasteiger partial charge in [-0.1, -0.05) is 0 Å². The largest absolute Gasteiger partial charge is 0.397 e. The minimum absolute atomic E-state index is 0.0676. The number of carbonyl (C=O) groups excluding carboxylic acids is 1. The van der Waals surface area contributed by atoms with Gasteiger partial charge in [-0.15, -0.1) is 11.3 Å². The molecule has 1 fully saturated rings. The molecule has 3 rings (SSSR count). The van der Waals surface area contributed by atoms with E-state index in [1.165, 1.54) is 24.2 Å². The van der Waals surface area contributed by atoms with Crippen LogP contribution in [0.1, 0.15) is 40.7 Å². The van der Waals surface area contributed by atoms with Crippen molar-refractivity contribution in [2.75, 3.05) is 5.73 Å². The van der Waals surface area contributed by atoms with Crippen LogP contribution in [0.25, 0.3) is 10.2 Å². The number of nitrogens with two attached hydrogens (primary N) is 1. The number of rotatable bonds is 3. The molecule has 2 aromatic heterocycles. The van der Waals surface area contributed by atoms with Gasteiger partial charge in [0.05, 0.1) is 5.69 Å². The van der Waals surface area contributed by atoms with Crippen LogP contribution in [0, 0.1) is 19.8 Å². The highest BCUT2D eigenvalue weighted by Crippen LogP contribution is 2.36. The molecule has 2 heterocycles. The van der Waals surface area contributed by atoms with Crippen LogP contribution in [0.15, 0.2) is 6.07 Å². The Morgan fingerprint density at radius 3 is 2.85 bits per heavy atom. The summed E-state index contributed by atoms with van der Waals surface area (Å²) < 4.78 is 0. The second-order valence-electron chi connectivity index (χ2n) is 5.71. The predicted molar refractivity (Wildman–Crippen MR) is 83.2 cm³/mol. The molecular weight excluding hydrogens is 270 g/mol. The van der Waals surface area contributed by atoms with Crippen LogP contribution in [0.3, 0.4) is 0 Å². The molecule has 1 aliphatic rings. The molecule has 20 heavy (non-hydrogen) atoms. The van der Waals surface area contributed by atoms with Crippen LogP contribution < -0.4 is 11.1 Å². The number of aryl methyl sites for hydroxylation is 2. The number of nitrogens with one attached hydrogen (secondary N) is 1. The van der Waals surface area contributed by atoms with Gasteiger partial charge < -0.3 is 11.1 Å². The SMILES string of the molecule is Cc1cc(C)c2c(N)c(C(=O)NC(C)C3CC3)sc2n1. The lowest BCUT2D eigenvalue weighted by atomic mass is 10.1. The highest BCUT2D eigenvalue weighted by molar-refractivity contribution is 7.21. The summed E-state index contributed by atoms with van der Waals surface area (Å²) in [6, 6.07) is 2.22. The summed E-state index contributed by atoms with van der Waals surface area (Å²) in [5.41, 5.74) is 8.77. The fourth-order valence-corrected chi connectivity index (χ4v) is 3.74. The average molecular weight is 289 g/mol. The zero-order chi connectivity index (χ0) is 14.4. The van der Waals surface area contributed by atoms with Gasteiger partial charge in [-0.25, -0.2) is 4.98 Å². The minimum Gasteiger partial charge on any atom is -0.397 e. The molecule has 0 saturated heterocycles. The van der Waals surface area contributed by atoms with Crippen molar-refractivity contribution in [1.29, 1.82) is 0 Å². The maximum absolute atomic E-state index is 12.4. The topological polar surface area (TPSA) is 68.0 Å². The summed E-state index contributed by atoms with van der Waals surface area (Å²) in [5.74, 6) is 0.568. The van der Waals surface area contributed by atoms with Crippen molar-refractivity contribution in [2.24, 2.45) is 5.92 Å². The summed E-state index contributed by atoms with van der Waals surface area (Å²) in [4.78, 5) is 18.3. The molecule has 106 valence electrons. The van der Waals surface area contributed by atoms with Gasteiger partial charge in [0, 0.05) is 17.1 Å². The van der Waals surface area contributed by atoms with E-state index < -0.39 is 0 Å². The number of nitrogen functional groups attached to an aromatic ring is 1. The number of amides is 1. The lowest BCUT2D eigenvalue weighted by Gasteiger charge is -2.11. The van der Waals surface area contributed by atoms with Gasteiger partial charge >= 0.3 is 0 Å². The predicted octanol–water partition coefficient (Wildman–Crippen LogP) is 3.02. The molecule has 1 amide bonds. The van der Waals surface area contributed by atoms with Crippen molar-refractivity contribution >= 4 is 33.1 Å². The number of hydrogen-bond donors (Lipinski definition) is 2. The lowest BCUT2D eigenvalue weighted by Crippen LogP contribution is -2.33. The molecule has 1 atom stereocenters. The van der Waals surface area contributed by atoms with Crippen LogP contribution in [-0.4, -0.2) is 16.9 Å². The van der Waals surface area contributed by atoms with Gasteiger partial charge in [0.25, 0.3) is 5.91 Å². The number of aromatic nitrogens is 1. The molecule has 4 nitrogen and oxygen atoms in total. The normalized spacial score (nSPS) is 16.4. The molecule has 0 aliphatic heterocycles. The molecule has 5 heteroatoms. The Balaban J connectivity index is 1.96. The monoisotopic (exact) mass is 289 g/mol. The van der Waals surface area contributed by atoms with Crippen LogP contribution >= 0.6 is 11.3 Å². The van der Waals surface area contributed by atoms with Crippen molar-refractivity contribution in [3.63, 3.8) is 0 Å². The number of thiophene rings is 1. The third-order valence-electron chi connectivity index (χ3n) is 3.92. The van der Waals surface area contributed by atoms with E-state index in [0.717, 1.165) is 21.5 Å². The van der Waals surface area contributed by atoms with Gasteiger partial charge in [-0.3, -0.25) is 4.79 Å². The van der Waals surface area contributed by atoms with E-state index in [2.05, 4.69) is 17.2 Å². The first-order chi connectivity index (χ1) is 9.47. The maximum atomic E-state index is 12.4. The molecule has 0 spiro atoms. The highest BCUT2D eigenvalue weighted by Gasteiger charge is 2.30. The second-order valence-corrected chi connectivity index (χ2v) is 6.70. The molecule has 1 saturated carbocycles. The number of pyridine rings is 1. The van der Waals surface area contributed by atoms with Crippen LogP contribution in [0.2, 0.25) is 0 Å². The average Bonchev–Trinajstić information content (AvgIpc) is 3.14. The van der Waals surface area contributed by atoms with Gasteiger partial charge in [0.1, 0.15) is 9.71 Å². The molecule has 2 aromatic rings. The summed E-state index contributed by atoms with van der Waals surface area (Å²) >= 11 is 1.39. The quantitative estimate of drug-likeness (QED) is 0.912. The van der Waals surface area contributed by atoms with E-state index in [-0.39, 0.29) is 11.9 Å². The summed E-state index contributed by atoms with van der Waals surface area (Å²) in [5, 5.41) is 3.98. The maximum Gasteiger partial charge on any atom is 0.263 e. The minimum atomic E-state index is -0.0676. The molecule has 0 aromatic carbocycles. The van der Waals surface area contributed by atoms with Gasteiger partial charge in [-0.2, -0.15) is 0 Å². The number of carbonyl (C=O) groups is 1. The smallest absolute Gasteiger partial charge is 0.263 e. The third kappa shape index (κ3) is 2.26. The van der Waals surface area contributed by atoms with Crippen molar-refractivity contribution in [1.82, 2.24) is 10.3 Å². The highest BCUT2D eigenvalue weighted by atomic mass is 32.1. The van der Waals surface area contributed by atoms with Crippen LogP contribution in [0.4, 0.5) is 5.69 Å². The zero-order valence-corrected chi connectivity index (χ0v) is 12.8. The lowest BCUT2D eigenvalue weighted by molar-refractivity contribution is 0.0941. The fraction of sp³-hybridized carbons (Fsp3) is 0.467. The molecule has 1 unspecified atom stereocenters. The van der Waals surface area contributed by atoms with Crippen LogP contribution in [0.5, 0.6) is 0 Å². The van der Waals surface area contributed by atoms with Crippen molar-refractivity contribution < 1.29 is 4.79 Å². The molecule has 0 radical (unpaired) electrons. The Kier molecular flexibility index (Phi) is 3.17. The van der Waals surface area contributed by atoms with Crippen molar-refractivity contribution in [2.45, 2.75) is 39.7 Å². The van der Waals surface area contributed by atoms with Crippen LogP contribution in [-0.2, 0) is 0 Å². The Hall–Kier alpha value is -1.62. The van der Waals surface area contributed by atoms with Crippen molar-refractivity contribution in [3.05, 3.63) is 22.2 Å². The molecule has 0 bridgehead atoms. The van der Waals surface area contributed by atoms with Gasteiger partial charge in [-0.05, 0) is 51.2 Å². The fourth-order valence-electron chi connectivity index (χ4n) is 2.62. The Morgan fingerprint density at radius 1 is 1.50 bits per heavy atom.